The van der Waals surface area contributed by atoms with Crippen molar-refractivity contribution in [2.75, 3.05) is 24.6 Å². The van der Waals surface area contributed by atoms with Crippen LogP contribution in [0.4, 0.5) is 0 Å². The first-order valence-electron chi connectivity index (χ1n) is 8.90. The number of thioether (sulfide) groups is 1. The van der Waals surface area contributed by atoms with Crippen LogP contribution in [-0.4, -0.2) is 41.4 Å². The summed E-state index contributed by atoms with van der Waals surface area (Å²) in [6.07, 6.45) is 4.91. The summed E-state index contributed by atoms with van der Waals surface area (Å²) in [5, 5.41) is 3.14. The summed E-state index contributed by atoms with van der Waals surface area (Å²) in [5.74, 6) is 3.19. The lowest BCUT2D eigenvalue weighted by atomic mass is 9.89. The zero-order valence-corrected chi connectivity index (χ0v) is 14.5. The van der Waals surface area contributed by atoms with Crippen molar-refractivity contribution in [2.24, 2.45) is 11.3 Å². The fourth-order valence-corrected chi connectivity index (χ4v) is 5.58. The molecular weight excluding hydrogens is 304 g/mol. The minimum Gasteiger partial charge on any atom is -0.352 e. The molecule has 3 nitrogen and oxygen atoms in total. The standard InChI is InChI=1S/C19H26N2OS/c22-18(20-13-15-4-2-1-3-5-15)17-12-19(17)7-9-21(10-8-19)16-6-11-23-14-16/h1-5,16-17H,6-14H2,(H,20,22). The van der Waals surface area contributed by atoms with E-state index in [4.69, 9.17) is 0 Å². The van der Waals surface area contributed by atoms with Gasteiger partial charge in [0, 0.05) is 24.3 Å². The van der Waals surface area contributed by atoms with Crippen molar-refractivity contribution in [3.63, 3.8) is 0 Å². The lowest BCUT2D eigenvalue weighted by molar-refractivity contribution is -0.123. The fraction of sp³-hybridized carbons (Fsp3) is 0.632. The Labute approximate surface area is 143 Å². The van der Waals surface area contributed by atoms with Crippen LogP contribution >= 0.6 is 11.8 Å². The zero-order valence-electron chi connectivity index (χ0n) is 13.7. The highest BCUT2D eigenvalue weighted by Gasteiger charge is 2.58. The highest BCUT2D eigenvalue weighted by atomic mass is 32.2. The molecule has 1 aromatic rings. The van der Waals surface area contributed by atoms with Gasteiger partial charge in [0.05, 0.1) is 0 Å². The first-order chi connectivity index (χ1) is 11.3. The topological polar surface area (TPSA) is 32.3 Å². The lowest BCUT2D eigenvalue weighted by Gasteiger charge is -2.36. The van der Waals surface area contributed by atoms with Crippen LogP contribution in [0.1, 0.15) is 31.2 Å². The Hall–Kier alpha value is -1.00. The van der Waals surface area contributed by atoms with Crippen molar-refractivity contribution in [1.82, 2.24) is 10.2 Å². The number of nitrogens with zero attached hydrogens (tertiary/aromatic N) is 1. The summed E-state index contributed by atoms with van der Waals surface area (Å²) in [5.41, 5.74) is 1.52. The summed E-state index contributed by atoms with van der Waals surface area (Å²) < 4.78 is 0. The van der Waals surface area contributed by atoms with E-state index in [1.807, 2.05) is 18.2 Å². The summed E-state index contributed by atoms with van der Waals surface area (Å²) in [4.78, 5) is 15.1. The maximum atomic E-state index is 12.5. The Morgan fingerprint density at radius 2 is 2.04 bits per heavy atom. The third kappa shape index (κ3) is 3.29. The number of piperidine rings is 1. The number of amides is 1. The molecule has 2 aliphatic heterocycles. The number of rotatable bonds is 4. The van der Waals surface area contributed by atoms with Gasteiger partial charge in [-0.15, -0.1) is 0 Å². The number of hydrogen-bond donors (Lipinski definition) is 1. The van der Waals surface area contributed by atoms with E-state index < -0.39 is 0 Å². The van der Waals surface area contributed by atoms with Gasteiger partial charge in [0.15, 0.2) is 0 Å². The highest BCUT2D eigenvalue weighted by molar-refractivity contribution is 7.99. The van der Waals surface area contributed by atoms with Crippen LogP contribution in [-0.2, 0) is 11.3 Å². The second-order valence-electron chi connectivity index (χ2n) is 7.38. The largest absolute Gasteiger partial charge is 0.352 e. The third-order valence-electron chi connectivity index (χ3n) is 6.03. The van der Waals surface area contributed by atoms with Gasteiger partial charge in [0.25, 0.3) is 0 Å². The molecule has 2 heterocycles. The van der Waals surface area contributed by atoms with Gasteiger partial charge >= 0.3 is 0 Å². The summed E-state index contributed by atoms with van der Waals surface area (Å²) in [7, 11) is 0. The van der Waals surface area contributed by atoms with E-state index >= 15 is 0 Å². The second kappa shape index (κ2) is 6.48. The van der Waals surface area contributed by atoms with Gasteiger partial charge in [-0.3, -0.25) is 9.69 Å². The molecule has 1 saturated carbocycles. The zero-order chi connectivity index (χ0) is 15.7. The Morgan fingerprint density at radius 1 is 1.26 bits per heavy atom. The maximum Gasteiger partial charge on any atom is 0.223 e. The molecule has 124 valence electrons. The molecule has 0 aromatic heterocycles. The van der Waals surface area contributed by atoms with Crippen LogP contribution in [0.5, 0.6) is 0 Å². The van der Waals surface area contributed by atoms with E-state index in [-0.39, 0.29) is 11.8 Å². The first kappa shape index (κ1) is 15.5. The van der Waals surface area contributed by atoms with Gasteiger partial charge in [0.2, 0.25) is 5.91 Å². The SMILES string of the molecule is O=C(NCc1ccccc1)C1CC12CCN(C1CCSC1)CC2. The average molecular weight is 330 g/mol. The molecule has 0 radical (unpaired) electrons. The van der Waals surface area contributed by atoms with Crippen molar-refractivity contribution in [1.29, 1.82) is 0 Å². The smallest absolute Gasteiger partial charge is 0.223 e. The molecule has 2 saturated heterocycles. The number of hydrogen-bond acceptors (Lipinski definition) is 3. The Morgan fingerprint density at radius 3 is 2.74 bits per heavy atom. The van der Waals surface area contributed by atoms with Crippen LogP contribution in [0.15, 0.2) is 30.3 Å². The molecular formula is C19H26N2OS. The molecule has 23 heavy (non-hydrogen) atoms. The average Bonchev–Trinajstić information content (AvgIpc) is 3.04. The minimum atomic E-state index is 0.270. The van der Waals surface area contributed by atoms with Crippen molar-refractivity contribution >= 4 is 17.7 Å². The van der Waals surface area contributed by atoms with Crippen molar-refractivity contribution in [3.8, 4) is 0 Å². The second-order valence-corrected chi connectivity index (χ2v) is 8.53. The van der Waals surface area contributed by atoms with Crippen LogP contribution in [0.3, 0.4) is 0 Å². The number of benzene rings is 1. The molecule has 2 atom stereocenters. The summed E-state index contributed by atoms with van der Waals surface area (Å²) >= 11 is 2.10. The Balaban J connectivity index is 1.25. The van der Waals surface area contributed by atoms with Crippen molar-refractivity contribution < 1.29 is 4.79 Å². The van der Waals surface area contributed by atoms with Crippen LogP contribution < -0.4 is 5.32 Å². The van der Waals surface area contributed by atoms with Gasteiger partial charge in [0.1, 0.15) is 0 Å². The molecule has 1 aliphatic carbocycles. The van der Waals surface area contributed by atoms with Crippen LogP contribution in [0, 0.1) is 11.3 Å². The molecule has 3 fully saturated rings. The van der Waals surface area contributed by atoms with Crippen LogP contribution in [0.25, 0.3) is 0 Å². The van der Waals surface area contributed by atoms with Gasteiger partial charge < -0.3 is 5.32 Å². The van der Waals surface area contributed by atoms with Gasteiger partial charge in [-0.2, -0.15) is 11.8 Å². The molecule has 0 bridgehead atoms. The molecule has 1 amide bonds. The fourth-order valence-electron chi connectivity index (χ4n) is 4.32. The van der Waals surface area contributed by atoms with Crippen molar-refractivity contribution in [2.45, 2.75) is 38.3 Å². The summed E-state index contributed by atoms with van der Waals surface area (Å²) in [6.45, 7) is 3.07. The predicted molar refractivity (Wildman–Crippen MR) is 95.4 cm³/mol. The molecule has 4 heteroatoms. The lowest BCUT2D eigenvalue weighted by Crippen LogP contribution is -2.43. The molecule has 1 N–H and O–H groups in total. The predicted octanol–water partition coefficient (Wildman–Crippen LogP) is 2.91. The molecule has 2 unspecified atom stereocenters. The Kier molecular flexibility index (Phi) is 4.37. The van der Waals surface area contributed by atoms with E-state index in [2.05, 4.69) is 34.1 Å². The first-order valence-corrected chi connectivity index (χ1v) is 10.1. The molecule has 1 spiro atoms. The van der Waals surface area contributed by atoms with E-state index in [1.165, 1.54) is 49.4 Å². The number of carbonyl (C=O) groups excluding carboxylic acids is 1. The number of likely N-dealkylation sites (tertiary alicyclic amines) is 1. The number of carbonyl (C=O) groups is 1. The molecule has 1 aromatic carbocycles. The normalized spacial score (nSPS) is 29.6. The van der Waals surface area contributed by atoms with E-state index in [0.29, 0.717) is 12.0 Å². The maximum absolute atomic E-state index is 12.5. The van der Waals surface area contributed by atoms with Gasteiger partial charge in [-0.1, -0.05) is 30.3 Å². The monoisotopic (exact) mass is 330 g/mol. The van der Waals surface area contributed by atoms with Gasteiger partial charge in [-0.05, 0) is 55.5 Å². The van der Waals surface area contributed by atoms with Crippen LogP contribution in [0.2, 0.25) is 0 Å². The highest BCUT2D eigenvalue weighted by Crippen LogP contribution is 2.59. The minimum absolute atomic E-state index is 0.270. The van der Waals surface area contributed by atoms with Gasteiger partial charge in [-0.25, -0.2) is 0 Å². The number of nitrogens with one attached hydrogen (secondary N) is 1. The Bertz CT molecular complexity index is 548. The van der Waals surface area contributed by atoms with E-state index in [9.17, 15) is 4.79 Å². The van der Waals surface area contributed by atoms with E-state index in [0.717, 1.165) is 12.5 Å². The third-order valence-corrected chi connectivity index (χ3v) is 7.18. The van der Waals surface area contributed by atoms with Crippen molar-refractivity contribution in [3.05, 3.63) is 35.9 Å². The quantitative estimate of drug-likeness (QED) is 0.921. The molecule has 3 aliphatic rings. The summed E-state index contributed by atoms with van der Waals surface area (Å²) in [6, 6.07) is 11.0. The molecule has 4 rings (SSSR count). The van der Waals surface area contributed by atoms with E-state index in [1.54, 1.807) is 0 Å².